The van der Waals surface area contributed by atoms with Crippen molar-refractivity contribution >= 4 is 11.7 Å². The predicted molar refractivity (Wildman–Crippen MR) is 83.9 cm³/mol. The van der Waals surface area contributed by atoms with Crippen molar-refractivity contribution in [3.05, 3.63) is 17.6 Å². The average molecular weight is 321 g/mol. The van der Waals surface area contributed by atoms with Crippen molar-refractivity contribution in [2.24, 2.45) is 5.73 Å². The molecule has 126 valence electrons. The van der Waals surface area contributed by atoms with E-state index < -0.39 is 12.1 Å². The number of hydrogen-bond acceptors (Lipinski definition) is 7. The summed E-state index contributed by atoms with van der Waals surface area (Å²) in [5, 5.41) is 19.1. The van der Waals surface area contributed by atoms with Crippen molar-refractivity contribution in [3.63, 3.8) is 0 Å². The van der Waals surface area contributed by atoms with Crippen LogP contribution in [0.25, 0.3) is 0 Å². The molecule has 1 amide bonds. The summed E-state index contributed by atoms with van der Waals surface area (Å²) < 4.78 is 0. The largest absolute Gasteiger partial charge is 0.394 e. The number of aromatic nitrogens is 2. The van der Waals surface area contributed by atoms with Gasteiger partial charge >= 0.3 is 0 Å². The summed E-state index contributed by atoms with van der Waals surface area (Å²) in [5.41, 5.74) is 7.34. The number of nitrogens with zero attached hydrogens (tertiary/aromatic N) is 4. The molecule has 8 heteroatoms. The van der Waals surface area contributed by atoms with Crippen molar-refractivity contribution < 1.29 is 15.0 Å². The quantitative estimate of drug-likeness (QED) is 0.653. The number of carbonyl (C=O) groups is 1. The Balaban J connectivity index is 1.73. The highest BCUT2D eigenvalue weighted by molar-refractivity contribution is 5.82. The molecule has 1 aliphatic carbocycles. The Bertz CT molecular complexity index is 588. The molecule has 3 atom stereocenters. The van der Waals surface area contributed by atoms with Crippen LogP contribution in [0.15, 0.2) is 6.33 Å². The summed E-state index contributed by atoms with van der Waals surface area (Å²) >= 11 is 0. The molecule has 0 unspecified atom stereocenters. The first kappa shape index (κ1) is 16.1. The Morgan fingerprint density at radius 1 is 1.39 bits per heavy atom. The molecular weight excluding hydrogens is 298 g/mol. The standard InChI is InChI=1S/C15H23N5O3/c1-9-6-11(22)13-12(9)14(18-8-17-13)19-2-4-20(5-3-19)15(23)10(16)7-21/h8-11,21-22H,2-7,16H2,1H3/t9-,10-,11+/m1/s1. The van der Waals surface area contributed by atoms with Crippen LogP contribution < -0.4 is 10.6 Å². The maximum atomic E-state index is 12.0. The number of aliphatic hydroxyl groups excluding tert-OH is 2. The van der Waals surface area contributed by atoms with E-state index in [9.17, 15) is 9.90 Å². The Morgan fingerprint density at radius 3 is 2.74 bits per heavy atom. The number of anilines is 1. The molecule has 23 heavy (non-hydrogen) atoms. The second kappa shape index (κ2) is 6.38. The highest BCUT2D eigenvalue weighted by Crippen LogP contribution is 2.42. The lowest BCUT2D eigenvalue weighted by atomic mass is 10.1. The van der Waals surface area contributed by atoms with E-state index in [0.717, 1.165) is 17.1 Å². The van der Waals surface area contributed by atoms with E-state index in [1.165, 1.54) is 6.33 Å². The molecule has 1 saturated heterocycles. The lowest BCUT2D eigenvalue weighted by Crippen LogP contribution is -2.54. The number of hydrogen-bond donors (Lipinski definition) is 3. The fraction of sp³-hybridized carbons (Fsp3) is 0.667. The first-order valence-electron chi connectivity index (χ1n) is 7.96. The fourth-order valence-electron chi connectivity index (χ4n) is 3.41. The van der Waals surface area contributed by atoms with E-state index >= 15 is 0 Å². The van der Waals surface area contributed by atoms with Crippen LogP contribution in [0.3, 0.4) is 0 Å². The monoisotopic (exact) mass is 321 g/mol. The molecule has 0 radical (unpaired) electrons. The van der Waals surface area contributed by atoms with Crippen LogP contribution in [0.2, 0.25) is 0 Å². The maximum Gasteiger partial charge on any atom is 0.241 e. The summed E-state index contributed by atoms with van der Waals surface area (Å²) in [5.74, 6) is 0.861. The molecule has 2 aliphatic rings. The molecule has 1 aromatic heterocycles. The fourth-order valence-corrected chi connectivity index (χ4v) is 3.41. The number of carbonyl (C=O) groups excluding carboxylic acids is 1. The molecular formula is C15H23N5O3. The summed E-state index contributed by atoms with van der Waals surface area (Å²) in [4.78, 5) is 24.5. The van der Waals surface area contributed by atoms with Gasteiger partial charge in [-0.05, 0) is 12.3 Å². The van der Waals surface area contributed by atoms with Gasteiger partial charge in [0.05, 0.1) is 18.4 Å². The predicted octanol–water partition coefficient (Wildman–Crippen LogP) is -1.01. The first-order valence-corrected chi connectivity index (χ1v) is 7.96. The third-order valence-electron chi connectivity index (χ3n) is 4.68. The van der Waals surface area contributed by atoms with Gasteiger partial charge in [-0.3, -0.25) is 4.79 Å². The highest BCUT2D eigenvalue weighted by Gasteiger charge is 2.34. The number of amides is 1. The zero-order valence-electron chi connectivity index (χ0n) is 13.2. The zero-order valence-corrected chi connectivity index (χ0v) is 13.2. The van der Waals surface area contributed by atoms with Gasteiger partial charge in [0.2, 0.25) is 5.91 Å². The van der Waals surface area contributed by atoms with Gasteiger partial charge in [0.1, 0.15) is 18.2 Å². The molecule has 8 nitrogen and oxygen atoms in total. The summed E-state index contributed by atoms with van der Waals surface area (Å²) in [7, 11) is 0. The molecule has 1 aromatic rings. The number of nitrogens with two attached hydrogens (primary N) is 1. The van der Waals surface area contributed by atoms with Gasteiger partial charge in [-0.1, -0.05) is 6.92 Å². The van der Waals surface area contributed by atoms with Gasteiger partial charge in [-0.2, -0.15) is 0 Å². The minimum atomic E-state index is -0.847. The molecule has 0 bridgehead atoms. The van der Waals surface area contributed by atoms with Crippen LogP contribution in [0.1, 0.15) is 36.6 Å². The SMILES string of the molecule is C[C@@H]1C[C@H](O)c2ncnc(N3CCN(C(=O)[C@H](N)CO)CC3)c21. The molecule has 4 N–H and O–H groups in total. The maximum absolute atomic E-state index is 12.0. The lowest BCUT2D eigenvalue weighted by molar-refractivity contribution is -0.133. The summed E-state index contributed by atoms with van der Waals surface area (Å²) in [6, 6.07) is -0.847. The topological polar surface area (TPSA) is 116 Å². The summed E-state index contributed by atoms with van der Waals surface area (Å²) in [6.07, 6.45) is 1.64. The van der Waals surface area contributed by atoms with E-state index in [1.807, 2.05) is 0 Å². The van der Waals surface area contributed by atoms with Gasteiger partial charge < -0.3 is 25.7 Å². The van der Waals surface area contributed by atoms with Crippen molar-refractivity contribution in [3.8, 4) is 0 Å². The van der Waals surface area contributed by atoms with Crippen LogP contribution in [0.5, 0.6) is 0 Å². The van der Waals surface area contributed by atoms with Crippen LogP contribution >= 0.6 is 0 Å². The second-order valence-corrected chi connectivity index (χ2v) is 6.25. The van der Waals surface area contributed by atoms with Crippen LogP contribution in [-0.4, -0.2) is 69.8 Å². The third kappa shape index (κ3) is 2.89. The highest BCUT2D eigenvalue weighted by atomic mass is 16.3. The number of rotatable bonds is 3. The van der Waals surface area contributed by atoms with Crippen molar-refractivity contribution in [2.45, 2.75) is 31.4 Å². The zero-order chi connectivity index (χ0) is 16.6. The molecule has 2 heterocycles. The van der Waals surface area contributed by atoms with Gasteiger partial charge in [0.25, 0.3) is 0 Å². The van der Waals surface area contributed by atoms with Gasteiger partial charge in [-0.25, -0.2) is 9.97 Å². The first-order chi connectivity index (χ1) is 11.0. The Labute approximate surface area is 134 Å². The second-order valence-electron chi connectivity index (χ2n) is 6.25. The van der Waals surface area contributed by atoms with Crippen molar-refractivity contribution in [1.82, 2.24) is 14.9 Å². The Morgan fingerprint density at radius 2 is 2.09 bits per heavy atom. The van der Waals surface area contributed by atoms with Gasteiger partial charge in [0.15, 0.2) is 0 Å². The van der Waals surface area contributed by atoms with Crippen molar-refractivity contribution in [2.75, 3.05) is 37.7 Å². The number of aliphatic hydroxyl groups is 2. The minimum absolute atomic E-state index is 0.219. The molecule has 0 spiro atoms. The minimum Gasteiger partial charge on any atom is -0.394 e. The van der Waals surface area contributed by atoms with Crippen LogP contribution in [0.4, 0.5) is 5.82 Å². The number of piperazine rings is 1. The van der Waals surface area contributed by atoms with E-state index in [4.69, 9.17) is 10.8 Å². The summed E-state index contributed by atoms with van der Waals surface area (Å²) in [6.45, 7) is 4.12. The Hall–Kier alpha value is -1.77. The van der Waals surface area contributed by atoms with Crippen molar-refractivity contribution in [1.29, 1.82) is 0 Å². The normalized spacial score (nSPS) is 25.4. The van der Waals surface area contributed by atoms with Crippen LogP contribution in [-0.2, 0) is 4.79 Å². The third-order valence-corrected chi connectivity index (χ3v) is 4.68. The van der Waals surface area contributed by atoms with Gasteiger partial charge in [-0.15, -0.1) is 0 Å². The van der Waals surface area contributed by atoms with E-state index in [0.29, 0.717) is 32.6 Å². The molecule has 0 saturated carbocycles. The molecule has 3 rings (SSSR count). The van der Waals surface area contributed by atoms with Crippen LogP contribution in [0, 0.1) is 0 Å². The lowest BCUT2D eigenvalue weighted by Gasteiger charge is -2.37. The number of fused-ring (bicyclic) bond motifs is 1. The molecule has 1 fully saturated rings. The smallest absolute Gasteiger partial charge is 0.241 e. The Kier molecular flexibility index (Phi) is 4.47. The van der Waals surface area contributed by atoms with E-state index in [2.05, 4.69) is 21.8 Å². The molecule has 0 aromatic carbocycles. The molecule has 1 aliphatic heterocycles. The van der Waals surface area contributed by atoms with Gasteiger partial charge in [0, 0.05) is 31.7 Å². The average Bonchev–Trinajstić information content (AvgIpc) is 2.88. The van der Waals surface area contributed by atoms with E-state index in [1.54, 1.807) is 4.90 Å². The van der Waals surface area contributed by atoms with E-state index in [-0.39, 0.29) is 18.4 Å².